The van der Waals surface area contributed by atoms with Crippen molar-refractivity contribution < 1.29 is 4.42 Å². The molecule has 96 valence electrons. The molecule has 0 amide bonds. The molecule has 1 aromatic heterocycles. The van der Waals surface area contributed by atoms with Crippen molar-refractivity contribution >= 4 is 17.6 Å². The van der Waals surface area contributed by atoms with Crippen molar-refractivity contribution in [3.05, 3.63) is 5.89 Å². The van der Waals surface area contributed by atoms with Gasteiger partial charge in [0.05, 0.1) is 0 Å². The van der Waals surface area contributed by atoms with Crippen LogP contribution in [-0.2, 0) is 6.42 Å². The molecular formula is C12H20ClN3O. The lowest BCUT2D eigenvalue weighted by atomic mass is 9.85. The van der Waals surface area contributed by atoms with E-state index >= 15 is 0 Å². The summed E-state index contributed by atoms with van der Waals surface area (Å²) in [6.07, 6.45) is 7.31. The summed E-state index contributed by atoms with van der Waals surface area (Å²) in [6, 6.07) is 0.933. The van der Waals surface area contributed by atoms with Crippen LogP contribution in [0.3, 0.4) is 0 Å². The Morgan fingerprint density at radius 1 is 1.35 bits per heavy atom. The first-order valence-electron chi connectivity index (χ1n) is 6.44. The van der Waals surface area contributed by atoms with E-state index in [1.165, 1.54) is 32.1 Å². The second-order valence-electron chi connectivity index (χ2n) is 4.77. The molecule has 1 saturated carbocycles. The molecular weight excluding hydrogens is 238 g/mol. The van der Waals surface area contributed by atoms with Crippen LogP contribution < -0.4 is 5.32 Å². The number of alkyl halides is 1. The average Bonchev–Trinajstić information content (AvgIpc) is 2.78. The minimum Gasteiger partial charge on any atom is -0.408 e. The van der Waals surface area contributed by atoms with Crippen molar-refractivity contribution in [2.24, 2.45) is 5.92 Å². The predicted molar refractivity (Wildman–Crippen MR) is 68.4 cm³/mol. The van der Waals surface area contributed by atoms with Gasteiger partial charge >= 0.3 is 6.01 Å². The SMILES string of the molecule is CC(Nc1nnc(CCCl)o1)C1CCCCC1. The third kappa shape index (κ3) is 3.60. The Labute approximate surface area is 107 Å². The number of halogens is 1. The summed E-state index contributed by atoms with van der Waals surface area (Å²) in [5.74, 6) is 1.85. The summed E-state index contributed by atoms with van der Waals surface area (Å²) < 4.78 is 5.47. The second-order valence-corrected chi connectivity index (χ2v) is 5.15. The Balaban J connectivity index is 1.85. The van der Waals surface area contributed by atoms with Gasteiger partial charge in [-0.3, -0.25) is 0 Å². The second kappa shape index (κ2) is 6.24. The van der Waals surface area contributed by atoms with Gasteiger partial charge in [-0.25, -0.2) is 0 Å². The molecule has 1 aromatic rings. The van der Waals surface area contributed by atoms with E-state index < -0.39 is 0 Å². The van der Waals surface area contributed by atoms with E-state index in [0.717, 1.165) is 5.92 Å². The summed E-state index contributed by atoms with van der Waals surface area (Å²) in [5.41, 5.74) is 0. The molecule has 0 aromatic carbocycles. The van der Waals surface area contributed by atoms with Crippen LogP contribution in [0.1, 0.15) is 44.9 Å². The van der Waals surface area contributed by atoms with Crippen LogP contribution in [0.4, 0.5) is 6.01 Å². The third-order valence-electron chi connectivity index (χ3n) is 3.48. The molecule has 1 atom stereocenters. The molecule has 1 fully saturated rings. The van der Waals surface area contributed by atoms with E-state index in [1.54, 1.807) is 0 Å². The Hall–Kier alpha value is -0.770. The molecule has 17 heavy (non-hydrogen) atoms. The number of anilines is 1. The fraction of sp³-hybridized carbons (Fsp3) is 0.833. The lowest BCUT2D eigenvalue weighted by molar-refractivity contribution is 0.324. The van der Waals surface area contributed by atoms with Gasteiger partial charge in [0, 0.05) is 18.3 Å². The maximum atomic E-state index is 5.62. The normalized spacial score (nSPS) is 19.2. The van der Waals surface area contributed by atoms with Crippen LogP contribution in [0.2, 0.25) is 0 Å². The molecule has 5 heteroatoms. The number of nitrogens with one attached hydrogen (secondary N) is 1. The summed E-state index contributed by atoms with van der Waals surface area (Å²) in [6.45, 7) is 2.20. The number of aryl methyl sites for hydroxylation is 1. The number of aromatic nitrogens is 2. The van der Waals surface area contributed by atoms with Gasteiger partial charge in [0.15, 0.2) is 0 Å². The summed E-state index contributed by atoms with van der Waals surface area (Å²) in [7, 11) is 0. The Morgan fingerprint density at radius 3 is 2.82 bits per heavy atom. The molecule has 0 spiro atoms. The maximum Gasteiger partial charge on any atom is 0.315 e. The van der Waals surface area contributed by atoms with Gasteiger partial charge in [-0.15, -0.1) is 16.7 Å². The first-order valence-corrected chi connectivity index (χ1v) is 6.98. The highest BCUT2D eigenvalue weighted by molar-refractivity contribution is 6.17. The van der Waals surface area contributed by atoms with Gasteiger partial charge in [0.25, 0.3) is 0 Å². The molecule has 0 radical (unpaired) electrons. The topological polar surface area (TPSA) is 51.0 Å². The van der Waals surface area contributed by atoms with E-state index in [9.17, 15) is 0 Å². The lowest BCUT2D eigenvalue weighted by Gasteiger charge is -2.27. The van der Waals surface area contributed by atoms with Crippen molar-refractivity contribution in [2.75, 3.05) is 11.2 Å². The minimum absolute atomic E-state index is 0.402. The zero-order chi connectivity index (χ0) is 12.1. The lowest BCUT2D eigenvalue weighted by Crippen LogP contribution is -2.27. The summed E-state index contributed by atoms with van der Waals surface area (Å²) in [5, 5.41) is 11.2. The molecule has 0 aliphatic heterocycles. The van der Waals surface area contributed by atoms with E-state index in [-0.39, 0.29) is 0 Å². The average molecular weight is 258 g/mol. The van der Waals surface area contributed by atoms with Gasteiger partial charge in [0.1, 0.15) is 0 Å². The fourth-order valence-electron chi connectivity index (χ4n) is 2.44. The molecule has 0 saturated heterocycles. The Bertz CT molecular complexity index is 336. The van der Waals surface area contributed by atoms with Gasteiger partial charge in [-0.2, -0.15) is 0 Å². The summed E-state index contributed by atoms with van der Waals surface area (Å²) in [4.78, 5) is 0. The van der Waals surface area contributed by atoms with E-state index in [2.05, 4.69) is 22.4 Å². The van der Waals surface area contributed by atoms with Crippen molar-refractivity contribution in [3.63, 3.8) is 0 Å². The molecule has 0 bridgehead atoms. The first kappa shape index (κ1) is 12.7. The fourth-order valence-corrected chi connectivity index (χ4v) is 2.60. The van der Waals surface area contributed by atoms with Crippen LogP contribution in [0.5, 0.6) is 0 Å². The molecule has 1 unspecified atom stereocenters. The van der Waals surface area contributed by atoms with E-state index in [1.807, 2.05) is 0 Å². The standard InChI is InChI=1S/C12H20ClN3O/c1-9(10-5-3-2-4-6-10)14-12-16-15-11(17-12)7-8-13/h9-10H,2-8H2,1H3,(H,14,16). The smallest absolute Gasteiger partial charge is 0.315 e. The van der Waals surface area contributed by atoms with Gasteiger partial charge < -0.3 is 9.73 Å². The first-order chi connectivity index (χ1) is 8.29. The van der Waals surface area contributed by atoms with Gasteiger partial charge in [-0.1, -0.05) is 24.4 Å². The Morgan fingerprint density at radius 2 is 2.12 bits per heavy atom. The molecule has 1 aliphatic carbocycles. The minimum atomic E-state index is 0.402. The van der Waals surface area contributed by atoms with Gasteiger partial charge in [0.2, 0.25) is 5.89 Å². The van der Waals surface area contributed by atoms with Crippen molar-refractivity contribution in [3.8, 4) is 0 Å². The largest absolute Gasteiger partial charge is 0.408 e. The maximum absolute atomic E-state index is 5.62. The van der Waals surface area contributed by atoms with Crippen LogP contribution in [-0.4, -0.2) is 22.1 Å². The third-order valence-corrected chi connectivity index (χ3v) is 3.67. The highest BCUT2D eigenvalue weighted by Crippen LogP contribution is 2.27. The van der Waals surface area contributed by atoms with Crippen LogP contribution in [0, 0.1) is 5.92 Å². The molecule has 4 nitrogen and oxygen atoms in total. The van der Waals surface area contributed by atoms with Crippen LogP contribution >= 0.6 is 11.6 Å². The van der Waals surface area contributed by atoms with E-state index in [4.69, 9.17) is 16.0 Å². The van der Waals surface area contributed by atoms with Crippen LogP contribution in [0.25, 0.3) is 0 Å². The predicted octanol–water partition coefficient (Wildman–Crippen LogP) is 3.23. The zero-order valence-electron chi connectivity index (χ0n) is 10.3. The highest BCUT2D eigenvalue weighted by atomic mass is 35.5. The van der Waals surface area contributed by atoms with Crippen molar-refractivity contribution in [2.45, 2.75) is 51.5 Å². The number of hydrogen-bond donors (Lipinski definition) is 1. The molecule has 2 rings (SSSR count). The number of rotatable bonds is 5. The summed E-state index contributed by atoms with van der Waals surface area (Å²) >= 11 is 5.62. The van der Waals surface area contributed by atoms with Gasteiger partial charge in [-0.05, 0) is 25.7 Å². The van der Waals surface area contributed by atoms with Crippen molar-refractivity contribution in [1.82, 2.24) is 10.2 Å². The number of nitrogens with zero attached hydrogens (tertiary/aromatic N) is 2. The quantitative estimate of drug-likeness (QED) is 0.823. The highest BCUT2D eigenvalue weighted by Gasteiger charge is 2.21. The molecule has 1 heterocycles. The monoisotopic (exact) mass is 257 g/mol. The number of hydrogen-bond acceptors (Lipinski definition) is 4. The van der Waals surface area contributed by atoms with E-state index in [0.29, 0.717) is 30.2 Å². The molecule has 1 aliphatic rings. The Kier molecular flexibility index (Phi) is 4.66. The van der Waals surface area contributed by atoms with Crippen molar-refractivity contribution in [1.29, 1.82) is 0 Å². The zero-order valence-corrected chi connectivity index (χ0v) is 11.0. The van der Waals surface area contributed by atoms with Crippen LogP contribution in [0.15, 0.2) is 4.42 Å². The molecule has 1 N–H and O–H groups in total.